The fraction of sp³-hybridized carbons (Fsp3) is 0.286. The van der Waals surface area contributed by atoms with E-state index in [-0.39, 0.29) is 5.78 Å². The van der Waals surface area contributed by atoms with Gasteiger partial charge in [-0.25, -0.2) is 0 Å². The van der Waals surface area contributed by atoms with Gasteiger partial charge in [0, 0.05) is 50.6 Å². The van der Waals surface area contributed by atoms with Crippen LogP contribution >= 0.6 is 0 Å². The lowest BCUT2D eigenvalue weighted by atomic mass is 9.91. The van der Waals surface area contributed by atoms with Gasteiger partial charge in [-0.15, -0.1) is 0 Å². The minimum Gasteiger partial charge on any atom is -0.410 e. The Morgan fingerprint density at radius 3 is 2.20 bits per heavy atom. The van der Waals surface area contributed by atoms with E-state index in [0.717, 1.165) is 62.5 Å². The van der Waals surface area contributed by atoms with Crippen LogP contribution in [0.2, 0.25) is 0 Å². The molecule has 1 unspecified atom stereocenters. The monoisotopic (exact) mass is 608 g/mol. The Morgan fingerprint density at radius 2 is 1.50 bits per heavy atom. The quantitative estimate of drug-likeness (QED) is 0.0728. The normalized spacial score (nSPS) is 12.8. The average molecular weight is 609 g/mol. The summed E-state index contributed by atoms with van der Waals surface area (Å²) in [6.07, 6.45) is 4.76. The van der Waals surface area contributed by atoms with Gasteiger partial charge in [-0.3, -0.25) is 4.79 Å². The van der Waals surface area contributed by atoms with Gasteiger partial charge in [-0.1, -0.05) is 104 Å². The molecule has 0 bridgehead atoms. The number of benzene rings is 5. The van der Waals surface area contributed by atoms with E-state index in [4.69, 9.17) is 0 Å². The molecule has 4 nitrogen and oxygen atoms in total. The first kappa shape index (κ1) is 31.3. The summed E-state index contributed by atoms with van der Waals surface area (Å²) in [7, 11) is 0. The Bertz CT molecular complexity index is 2110. The Labute approximate surface area is 272 Å². The van der Waals surface area contributed by atoms with Crippen molar-refractivity contribution in [2.24, 2.45) is 11.1 Å². The number of hydrogen-bond acceptors (Lipinski definition) is 3. The van der Waals surface area contributed by atoms with Crippen LogP contribution < -0.4 is 0 Å². The number of rotatable bonds is 10. The number of fused-ring (bicyclic) bond motifs is 5. The van der Waals surface area contributed by atoms with Crippen molar-refractivity contribution in [3.63, 3.8) is 0 Å². The number of ketones is 1. The molecule has 1 atom stereocenters. The summed E-state index contributed by atoms with van der Waals surface area (Å²) in [6.45, 7) is 13.7. The zero-order chi connectivity index (χ0) is 32.5. The van der Waals surface area contributed by atoms with Gasteiger partial charge in [0.1, 0.15) is 5.71 Å². The minimum absolute atomic E-state index is 0.0606. The second-order valence-corrected chi connectivity index (χ2v) is 13.0. The van der Waals surface area contributed by atoms with E-state index >= 15 is 0 Å². The van der Waals surface area contributed by atoms with Gasteiger partial charge in [0.25, 0.3) is 0 Å². The summed E-state index contributed by atoms with van der Waals surface area (Å²) in [5.41, 5.74) is 10.4. The van der Waals surface area contributed by atoms with E-state index in [9.17, 15) is 10.0 Å². The number of carbonyl (C=O) groups is 1. The van der Waals surface area contributed by atoms with E-state index in [1.165, 1.54) is 41.2 Å². The third-order valence-electron chi connectivity index (χ3n) is 9.77. The Kier molecular flexibility index (Phi) is 8.82. The van der Waals surface area contributed by atoms with Crippen LogP contribution in [0.15, 0.2) is 90.1 Å². The lowest BCUT2D eigenvalue weighted by Crippen LogP contribution is -2.10. The van der Waals surface area contributed by atoms with Crippen LogP contribution in [0.3, 0.4) is 0 Å². The number of unbranched alkanes of at least 4 members (excludes halogenated alkanes) is 1. The molecule has 1 N–H and O–H groups in total. The molecule has 0 aliphatic rings. The predicted molar refractivity (Wildman–Crippen MR) is 193 cm³/mol. The van der Waals surface area contributed by atoms with Gasteiger partial charge in [0.05, 0.1) is 0 Å². The molecule has 0 saturated carbocycles. The second kappa shape index (κ2) is 13.0. The van der Waals surface area contributed by atoms with E-state index in [2.05, 4.69) is 79.0 Å². The van der Waals surface area contributed by atoms with Crippen LogP contribution in [0, 0.1) is 33.6 Å². The SMILES string of the molecule is CCCCC(CC)Cn1c2ccc(/C(=N/O)c3ccccc3C)cc2c2c3ccc(C(=O)c4c(C)cc(C)cc4C)cc3ccc21. The number of carbonyl (C=O) groups excluding carboxylic acids is 1. The largest absolute Gasteiger partial charge is 0.410 e. The topological polar surface area (TPSA) is 54.6 Å². The van der Waals surface area contributed by atoms with Crippen molar-refractivity contribution in [2.75, 3.05) is 0 Å². The molecular weight excluding hydrogens is 564 g/mol. The molecule has 6 aromatic rings. The molecule has 0 radical (unpaired) electrons. The van der Waals surface area contributed by atoms with Crippen molar-refractivity contribution in [3.05, 3.63) is 129 Å². The summed E-state index contributed by atoms with van der Waals surface area (Å²) >= 11 is 0. The molecule has 0 amide bonds. The highest BCUT2D eigenvalue weighted by atomic mass is 16.4. The molecule has 1 heterocycles. The molecule has 0 spiro atoms. The molecule has 6 rings (SSSR count). The Morgan fingerprint density at radius 1 is 0.783 bits per heavy atom. The first-order valence-electron chi connectivity index (χ1n) is 16.6. The van der Waals surface area contributed by atoms with E-state index in [1.807, 2.05) is 57.2 Å². The zero-order valence-corrected chi connectivity index (χ0v) is 27.9. The second-order valence-electron chi connectivity index (χ2n) is 13.0. The van der Waals surface area contributed by atoms with Crippen LogP contribution in [0.1, 0.15) is 88.8 Å². The molecule has 0 saturated heterocycles. The Hall–Kier alpha value is -4.70. The number of aromatic nitrogens is 1. The van der Waals surface area contributed by atoms with Crippen LogP contribution in [0.5, 0.6) is 0 Å². The van der Waals surface area contributed by atoms with Crippen molar-refractivity contribution < 1.29 is 10.0 Å². The third-order valence-corrected chi connectivity index (χ3v) is 9.77. The summed E-state index contributed by atoms with van der Waals surface area (Å²) < 4.78 is 2.49. The molecule has 5 aromatic carbocycles. The summed E-state index contributed by atoms with van der Waals surface area (Å²) in [5.74, 6) is 0.641. The van der Waals surface area contributed by atoms with Crippen molar-refractivity contribution in [2.45, 2.75) is 73.8 Å². The number of aryl methyl sites for hydroxylation is 4. The lowest BCUT2D eigenvalue weighted by Gasteiger charge is -2.17. The third kappa shape index (κ3) is 5.62. The smallest absolute Gasteiger partial charge is 0.193 e. The first-order chi connectivity index (χ1) is 22.2. The van der Waals surface area contributed by atoms with Gasteiger partial charge in [0.15, 0.2) is 5.78 Å². The Balaban J connectivity index is 1.56. The summed E-state index contributed by atoms with van der Waals surface area (Å²) in [4.78, 5) is 13.8. The lowest BCUT2D eigenvalue weighted by molar-refractivity contribution is 0.103. The van der Waals surface area contributed by atoms with Gasteiger partial charge in [0.2, 0.25) is 0 Å². The number of nitrogens with zero attached hydrogens (tertiary/aromatic N) is 2. The summed E-state index contributed by atoms with van der Waals surface area (Å²) in [6, 6.07) is 29.2. The van der Waals surface area contributed by atoms with Crippen molar-refractivity contribution in [1.82, 2.24) is 4.57 Å². The highest BCUT2D eigenvalue weighted by molar-refractivity contribution is 6.24. The van der Waals surface area contributed by atoms with E-state index in [1.54, 1.807) is 0 Å². The molecule has 234 valence electrons. The van der Waals surface area contributed by atoms with Gasteiger partial charge in [-0.05, 0) is 91.8 Å². The van der Waals surface area contributed by atoms with E-state index in [0.29, 0.717) is 17.2 Å². The molecule has 46 heavy (non-hydrogen) atoms. The maximum atomic E-state index is 13.8. The fourth-order valence-electron chi connectivity index (χ4n) is 7.38. The predicted octanol–water partition coefficient (Wildman–Crippen LogP) is 10.9. The molecular formula is C42H44N2O2. The molecule has 0 aliphatic heterocycles. The minimum atomic E-state index is 0.0606. The van der Waals surface area contributed by atoms with Crippen LogP contribution in [-0.4, -0.2) is 21.3 Å². The van der Waals surface area contributed by atoms with Crippen molar-refractivity contribution in [3.8, 4) is 0 Å². The highest BCUT2D eigenvalue weighted by Gasteiger charge is 2.21. The van der Waals surface area contributed by atoms with Gasteiger partial charge >= 0.3 is 0 Å². The number of hydrogen-bond donors (Lipinski definition) is 1. The van der Waals surface area contributed by atoms with Crippen LogP contribution in [-0.2, 0) is 6.54 Å². The molecule has 1 aromatic heterocycles. The number of oxime groups is 1. The van der Waals surface area contributed by atoms with Crippen LogP contribution in [0.4, 0.5) is 0 Å². The average Bonchev–Trinajstić information content (AvgIpc) is 3.36. The first-order valence-corrected chi connectivity index (χ1v) is 16.6. The van der Waals surface area contributed by atoms with Crippen molar-refractivity contribution in [1.29, 1.82) is 0 Å². The highest BCUT2D eigenvalue weighted by Crippen LogP contribution is 2.38. The standard InChI is InChI=1S/C42H44N2O2/c1-7-9-13-30(8-2)25-44-37-19-17-32(41(43-46)34-14-11-10-12-27(34)4)24-36(37)40-35-18-15-33(23-31(35)16-20-38(40)44)42(45)39-28(5)21-26(3)22-29(39)6/h10-12,14-24,30,46H,7-9,13,25H2,1-6H3/b43-41-. The van der Waals surface area contributed by atoms with Gasteiger partial charge < -0.3 is 9.77 Å². The molecule has 4 heteroatoms. The van der Waals surface area contributed by atoms with Gasteiger partial charge in [-0.2, -0.15) is 0 Å². The molecule has 0 aliphatic carbocycles. The zero-order valence-electron chi connectivity index (χ0n) is 27.9. The fourth-order valence-corrected chi connectivity index (χ4v) is 7.38. The summed E-state index contributed by atoms with van der Waals surface area (Å²) in [5, 5.41) is 18.5. The van der Waals surface area contributed by atoms with Crippen LogP contribution in [0.25, 0.3) is 32.6 Å². The maximum absolute atomic E-state index is 13.8. The van der Waals surface area contributed by atoms with Crippen molar-refractivity contribution >= 4 is 44.1 Å². The molecule has 0 fully saturated rings. The maximum Gasteiger partial charge on any atom is 0.193 e. The van der Waals surface area contributed by atoms with E-state index < -0.39 is 0 Å².